The predicted molar refractivity (Wildman–Crippen MR) is 84.3 cm³/mol. The lowest BCUT2D eigenvalue weighted by Gasteiger charge is -2.24. The second kappa shape index (κ2) is 5.36. The Morgan fingerprint density at radius 3 is 2.48 bits per heavy atom. The molecular weight excluding hydrogens is 260 g/mol. The molecular formula is C18H24N2O. The molecule has 0 radical (unpaired) electrons. The highest BCUT2D eigenvalue weighted by atomic mass is 16.2. The van der Waals surface area contributed by atoms with Crippen molar-refractivity contribution in [1.82, 2.24) is 4.90 Å². The lowest BCUT2D eigenvalue weighted by Crippen LogP contribution is -2.35. The van der Waals surface area contributed by atoms with Crippen LogP contribution in [-0.2, 0) is 4.79 Å². The average molecular weight is 284 g/mol. The minimum absolute atomic E-state index is 0.356. The maximum Gasteiger partial charge on any atom is 0.223 e. The Hall–Kier alpha value is -1.51. The van der Waals surface area contributed by atoms with E-state index in [9.17, 15) is 4.79 Å². The molecule has 112 valence electrons. The molecule has 1 unspecified atom stereocenters. The molecule has 2 bridgehead atoms. The van der Waals surface area contributed by atoms with E-state index in [0.717, 1.165) is 31.5 Å². The first-order valence-electron chi connectivity index (χ1n) is 8.40. The number of carbonyl (C=O) groups is 1. The van der Waals surface area contributed by atoms with E-state index in [1.165, 1.54) is 36.9 Å². The van der Waals surface area contributed by atoms with E-state index in [2.05, 4.69) is 34.5 Å². The number of nitrogens with zero attached hydrogens (tertiary/aromatic N) is 1. The van der Waals surface area contributed by atoms with Gasteiger partial charge in [0.1, 0.15) is 0 Å². The number of fused-ring (bicyclic) bond motifs is 5. The molecule has 1 amide bonds. The molecule has 0 spiro atoms. The van der Waals surface area contributed by atoms with E-state index >= 15 is 0 Å². The number of hydrogen-bond donors (Lipinski definition) is 1. The van der Waals surface area contributed by atoms with E-state index in [0.29, 0.717) is 18.2 Å². The number of para-hydroxylation sites is 1. The third-order valence-electron chi connectivity index (χ3n) is 5.64. The maximum absolute atomic E-state index is 12.7. The van der Waals surface area contributed by atoms with E-state index in [1.807, 2.05) is 0 Å². The van der Waals surface area contributed by atoms with Crippen LogP contribution in [0.1, 0.15) is 43.6 Å². The van der Waals surface area contributed by atoms with Crippen molar-refractivity contribution in [2.24, 2.45) is 11.8 Å². The Morgan fingerprint density at radius 1 is 1.10 bits per heavy atom. The molecule has 1 atom stereocenters. The van der Waals surface area contributed by atoms with Crippen molar-refractivity contribution in [3.63, 3.8) is 0 Å². The molecule has 1 aromatic rings. The van der Waals surface area contributed by atoms with Crippen molar-refractivity contribution < 1.29 is 4.79 Å². The minimum Gasteiger partial charge on any atom is -0.384 e. The zero-order valence-electron chi connectivity index (χ0n) is 12.6. The van der Waals surface area contributed by atoms with Crippen molar-refractivity contribution in [2.45, 2.75) is 38.0 Å². The largest absolute Gasteiger partial charge is 0.384 e. The molecule has 0 aromatic heterocycles. The van der Waals surface area contributed by atoms with Gasteiger partial charge in [-0.2, -0.15) is 0 Å². The second-order valence-corrected chi connectivity index (χ2v) is 7.05. The van der Waals surface area contributed by atoms with Gasteiger partial charge in [0.25, 0.3) is 0 Å². The standard InChI is InChI=1S/C18H24N2O/c21-18(20-11-13-5-6-14(12-20)8-7-13)9-15-10-19-17-4-2-1-3-16(15)17/h1-4,13-15,19H,5-12H2. The number of rotatable bonds is 2. The van der Waals surface area contributed by atoms with Crippen LogP contribution < -0.4 is 5.32 Å². The van der Waals surface area contributed by atoms with Crippen LogP contribution >= 0.6 is 0 Å². The molecule has 2 saturated heterocycles. The smallest absolute Gasteiger partial charge is 0.223 e. The summed E-state index contributed by atoms with van der Waals surface area (Å²) in [4.78, 5) is 14.9. The predicted octanol–water partition coefficient (Wildman–Crippen LogP) is 3.23. The summed E-state index contributed by atoms with van der Waals surface area (Å²) in [6.45, 7) is 2.93. The maximum atomic E-state index is 12.7. The first kappa shape index (κ1) is 13.2. The fourth-order valence-corrected chi connectivity index (χ4v) is 4.38. The second-order valence-electron chi connectivity index (χ2n) is 7.05. The number of carbonyl (C=O) groups excluding carboxylic acids is 1. The van der Waals surface area contributed by atoms with Gasteiger partial charge in [-0.25, -0.2) is 0 Å². The molecule has 5 rings (SSSR count). The quantitative estimate of drug-likeness (QED) is 0.904. The monoisotopic (exact) mass is 284 g/mol. The third-order valence-corrected chi connectivity index (χ3v) is 5.64. The van der Waals surface area contributed by atoms with E-state index < -0.39 is 0 Å². The molecule has 3 heterocycles. The van der Waals surface area contributed by atoms with Gasteiger partial charge >= 0.3 is 0 Å². The summed E-state index contributed by atoms with van der Waals surface area (Å²) >= 11 is 0. The Bertz CT molecular complexity index is 520. The van der Waals surface area contributed by atoms with Crippen molar-refractivity contribution in [2.75, 3.05) is 25.0 Å². The summed E-state index contributed by atoms with van der Waals surface area (Å²) in [6, 6.07) is 8.42. The number of hydrogen-bond acceptors (Lipinski definition) is 2. The highest BCUT2D eigenvalue weighted by molar-refractivity contribution is 5.78. The Morgan fingerprint density at radius 2 is 1.76 bits per heavy atom. The van der Waals surface area contributed by atoms with Gasteiger partial charge in [-0.05, 0) is 49.1 Å². The van der Waals surface area contributed by atoms with Gasteiger partial charge in [0.15, 0.2) is 0 Å². The van der Waals surface area contributed by atoms with Gasteiger partial charge in [0.2, 0.25) is 5.91 Å². The summed E-state index contributed by atoms with van der Waals surface area (Å²) in [7, 11) is 0. The van der Waals surface area contributed by atoms with Crippen molar-refractivity contribution in [1.29, 1.82) is 0 Å². The summed E-state index contributed by atoms with van der Waals surface area (Å²) in [5, 5.41) is 3.43. The first-order chi connectivity index (χ1) is 10.3. The van der Waals surface area contributed by atoms with Gasteiger partial charge < -0.3 is 10.2 Å². The molecule has 1 N–H and O–H groups in total. The third kappa shape index (κ3) is 2.54. The summed E-state index contributed by atoms with van der Waals surface area (Å²) in [5.41, 5.74) is 2.54. The van der Waals surface area contributed by atoms with Gasteiger partial charge in [0, 0.05) is 37.7 Å². The molecule has 3 fully saturated rings. The number of amides is 1. The highest BCUT2D eigenvalue weighted by Crippen LogP contribution is 2.36. The van der Waals surface area contributed by atoms with Crippen molar-refractivity contribution in [3.05, 3.63) is 29.8 Å². The zero-order valence-corrected chi connectivity index (χ0v) is 12.6. The van der Waals surface area contributed by atoms with Crippen molar-refractivity contribution >= 4 is 11.6 Å². The highest BCUT2D eigenvalue weighted by Gasteiger charge is 2.33. The van der Waals surface area contributed by atoms with E-state index in [1.54, 1.807) is 0 Å². The van der Waals surface area contributed by atoms with Crippen LogP contribution in [-0.4, -0.2) is 30.4 Å². The SMILES string of the molecule is O=C(CC1CNc2ccccc21)N1CC2CCC(CC2)C1. The molecule has 1 saturated carbocycles. The van der Waals surface area contributed by atoms with Crippen LogP contribution in [0.4, 0.5) is 5.69 Å². The molecule has 1 aliphatic carbocycles. The van der Waals surface area contributed by atoms with Gasteiger partial charge in [0.05, 0.1) is 0 Å². The molecule has 3 nitrogen and oxygen atoms in total. The summed E-state index contributed by atoms with van der Waals surface area (Å²) in [5.74, 6) is 2.26. The van der Waals surface area contributed by atoms with E-state index in [4.69, 9.17) is 0 Å². The Kier molecular flexibility index (Phi) is 3.36. The summed E-state index contributed by atoms with van der Waals surface area (Å²) < 4.78 is 0. The van der Waals surface area contributed by atoms with Crippen LogP contribution in [0.3, 0.4) is 0 Å². The minimum atomic E-state index is 0.356. The molecule has 4 aliphatic rings. The fraction of sp³-hybridized carbons (Fsp3) is 0.611. The fourth-order valence-electron chi connectivity index (χ4n) is 4.38. The number of benzene rings is 1. The Balaban J connectivity index is 1.44. The van der Waals surface area contributed by atoms with Gasteiger partial charge in [-0.1, -0.05) is 18.2 Å². The van der Waals surface area contributed by atoms with Crippen LogP contribution in [0, 0.1) is 11.8 Å². The van der Waals surface area contributed by atoms with Gasteiger partial charge in [-0.3, -0.25) is 4.79 Å². The number of nitrogens with one attached hydrogen (secondary N) is 1. The van der Waals surface area contributed by atoms with Crippen molar-refractivity contribution in [3.8, 4) is 0 Å². The zero-order chi connectivity index (χ0) is 14.2. The van der Waals surface area contributed by atoms with Crippen LogP contribution in [0.25, 0.3) is 0 Å². The average Bonchev–Trinajstić information content (AvgIpc) is 2.70. The van der Waals surface area contributed by atoms with Gasteiger partial charge in [-0.15, -0.1) is 0 Å². The molecule has 21 heavy (non-hydrogen) atoms. The Labute approximate surface area is 126 Å². The molecule has 1 aromatic carbocycles. The number of anilines is 1. The lowest BCUT2D eigenvalue weighted by molar-refractivity contribution is -0.132. The lowest BCUT2D eigenvalue weighted by atomic mass is 9.84. The van der Waals surface area contributed by atoms with Crippen LogP contribution in [0.15, 0.2) is 24.3 Å². The molecule has 3 heteroatoms. The molecule has 3 aliphatic heterocycles. The normalized spacial score (nSPS) is 30.7. The first-order valence-corrected chi connectivity index (χ1v) is 8.40. The van der Waals surface area contributed by atoms with Crippen LogP contribution in [0.5, 0.6) is 0 Å². The summed E-state index contributed by atoms with van der Waals surface area (Å²) in [6.07, 6.45) is 6.01. The van der Waals surface area contributed by atoms with E-state index in [-0.39, 0.29) is 0 Å². The van der Waals surface area contributed by atoms with Crippen LogP contribution in [0.2, 0.25) is 0 Å². The topological polar surface area (TPSA) is 32.3 Å².